The first-order valence-electron chi connectivity index (χ1n) is 6.50. The molecule has 0 aliphatic rings. The molecule has 17 heavy (non-hydrogen) atoms. The van der Waals surface area contributed by atoms with E-state index in [0.717, 1.165) is 31.9 Å². The zero-order valence-corrected chi connectivity index (χ0v) is 11.5. The average Bonchev–Trinajstić information content (AvgIpc) is 2.35. The van der Waals surface area contributed by atoms with E-state index in [4.69, 9.17) is 4.74 Å². The van der Waals surface area contributed by atoms with Gasteiger partial charge in [0.15, 0.2) is 0 Å². The molecule has 0 saturated heterocycles. The van der Waals surface area contributed by atoms with Crippen molar-refractivity contribution in [2.24, 2.45) is 5.41 Å². The van der Waals surface area contributed by atoms with Gasteiger partial charge in [0.05, 0.1) is 6.61 Å². The highest BCUT2D eigenvalue weighted by molar-refractivity contribution is 5.27. The molecular weight excluding hydrogens is 210 g/mol. The predicted molar refractivity (Wildman–Crippen MR) is 73.6 cm³/mol. The Morgan fingerprint density at radius 3 is 2.29 bits per heavy atom. The molecule has 0 fully saturated rings. The van der Waals surface area contributed by atoms with Gasteiger partial charge in [0, 0.05) is 12.0 Å². The molecule has 0 unspecified atom stereocenters. The normalized spacial score (nSPS) is 11.5. The van der Waals surface area contributed by atoms with E-state index in [-0.39, 0.29) is 5.41 Å². The SMILES string of the molecule is CCNCC(C)(C)COc1ccc(CC)cc1. The zero-order valence-electron chi connectivity index (χ0n) is 11.5. The van der Waals surface area contributed by atoms with Gasteiger partial charge in [-0.3, -0.25) is 0 Å². The average molecular weight is 235 g/mol. The monoisotopic (exact) mass is 235 g/mol. The lowest BCUT2D eigenvalue weighted by atomic mass is 9.95. The number of benzene rings is 1. The van der Waals surface area contributed by atoms with Crippen molar-refractivity contribution in [2.75, 3.05) is 19.7 Å². The molecule has 2 heteroatoms. The highest BCUT2D eigenvalue weighted by atomic mass is 16.5. The highest BCUT2D eigenvalue weighted by Crippen LogP contribution is 2.18. The lowest BCUT2D eigenvalue weighted by molar-refractivity contribution is 0.177. The van der Waals surface area contributed by atoms with Gasteiger partial charge in [-0.05, 0) is 30.7 Å². The predicted octanol–water partition coefficient (Wildman–Crippen LogP) is 3.26. The molecule has 1 N–H and O–H groups in total. The summed E-state index contributed by atoms with van der Waals surface area (Å²) >= 11 is 0. The molecule has 1 rings (SSSR count). The second kappa shape index (κ2) is 6.65. The van der Waals surface area contributed by atoms with Crippen LogP contribution in [-0.2, 0) is 6.42 Å². The van der Waals surface area contributed by atoms with Gasteiger partial charge in [-0.15, -0.1) is 0 Å². The van der Waals surface area contributed by atoms with Gasteiger partial charge in [0.25, 0.3) is 0 Å². The van der Waals surface area contributed by atoms with E-state index in [1.54, 1.807) is 0 Å². The first kappa shape index (κ1) is 14.0. The maximum absolute atomic E-state index is 5.83. The Bertz CT molecular complexity index is 316. The molecule has 0 heterocycles. The Balaban J connectivity index is 2.43. The lowest BCUT2D eigenvalue weighted by Gasteiger charge is -2.25. The van der Waals surface area contributed by atoms with Gasteiger partial charge in [-0.2, -0.15) is 0 Å². The molecule has 96 valence electrons. The molecule has 1 aromatic carbocycles. The number of nitrogens with one attached hydrogen (secondary N) is 1. The van der Waals surface area contributed by atoms with Gasteiger partial charge < -0.3 is 10.1 Å². The van der Waals surface area contributed by atoms with Crippen LogP contribution in [0.4, 0.5) is 0 Å². The highest BCUT2D eigenvalue weighted by Gasteiger charge is 2.18. The van der Waals surface area contributed by atoms with Crippen LogP contribution in [0.25, 0.3) is 0 Å². The second-order valence-electron chi connectivity index (χ2n) is 5.23. The van der Waals surface area contributed by atoms with Crippen LogP contribution in [0.1, 0.15) is 33.3 Å². The molecule has 0 bridgehead atoms. The first-order valence-corrected chi connectivity index (χ1v) is 6.50. The fourth-order valence-corrected chi connectivity index (χ4v) is 1.61. The Hall–Kier alpha value is -1.02. The van der Waals surface area contributed by atoms with Crippen molar-refractivity contribution in [3.63, 3.8) is 0 Å². The van der Waals surface area contributed by atoms with Crippen LogP contribution >= 0.6 is 0 Å². The molecule has 2 nitrogen and oxygen atoms in total. The van der Waals surface area contributed by atoms with Crippen LogP contribution in [0.2, 0.25) is 0 Å². The van der Waals surface area contributed by atoms with E-state index < -0.39 is 0 Å². The van der Waals surface area contributed by atoms with E-state index in [1.807, 2.05) is 0 Å². The van der Waals surface area contributed by atoms with Gasteiger partial charge in [0.1, 0.15) is 5.75 Å². The van der Waals surface area contributed by atoms with E-state index in [2.05, 4.69) is 57.3 Å². The molecule has 0 aromatic heterocycles. The molecule has 1 aromatic rings. The minimum atomic E-state index is 0.166. The summed E-state index contributed by atoms with van der Waals surface area (Å²) in [6, 6.07) is 8.38. The molecular formula is C15H25NO. The van der Waals surface area contributed by atoms with Crippen molar-refractivity contribution in [3.05, 3.63) is 29.8 Å². The first-order chi connectivity index (χ1) is 8.07. The van der Waals surface area contributed by atoms with Gasteiger partial charge in [-0.1, -0.05) is 39.8 Å². The van der Waals surface area contributed by atoms with Crippen molar-refractivity contribution in [2.45, 2.75) is 34.1 Å². The van der Waals surface area contributed by atoms with Crippen molar-refractivity contribution < 1.29 is 4.74 Å². The van der Waals surface area contributed by atoms with Crippen LogP contribution < -0.4 is 10.1 Å². The number of hydrogen-bond acceptors (Lipinski definition) is 2. The van der Waals surface area contributed by atoms with Crippen molar-refractivity contribution in [1.82, 2.24) is 5.32 Å². The van der Waals surface area contributed by atoms with Crippen molar-refractivity contribution in [3.8, 4) is 5.75 Å². The fourth-order valence-electron chi connectivity index (χ4n) is 1.61. The summed E-state index contributed by atoms with van der Waals surface area (Å²) in [5, 5.41) is 3.36. The van der Waals surface area contributed by atoms with Crippen LogP contribution in [-0.4, -0.2) is 19.7 Å². The summed E-state index contributed by atoms with van der Waals surface area (Å²) in [6.07, 6.45) is 1.08. The number of hydrogen-bond donors (Lipinski definition) is 1. The van der Waals surface area contributed by atoms with Crippen LogP contribution in [0.3, 0.4) is 0 Å². The lowest BCUT2D eigenvalue weighted by Crippen LogP contribution is -2.34. The summed E-state index contributed by atoms with van der Waals surface area (Å²) in [5.74, 6) is 0.965. The van der Waals surface area contributed by atoms with E-state index in [0.29, 0.717) is 0 Å². The maximum atomic E-state index is 5.83. The Morgan fingerprint density at radius 2 is 1.76 bits per heavy atom. The fraction of sp³-hybridized carbons (Fsp3) is 0.600. The van der Waals surface area contributed by atoms with E-state index in [1.165, 1.54) is 5.56 Å². The van der Waals surface area contributed by atoms with Crippen LogP contribution in [0.5, 0.6) is 5.75 Å². The van der Waals surface area contributed by atoms with Crippen LogP contribution in [0, 0.1) is 5.41 Å². The number of ether oxygens (including phenoxy) is 1. The number of rotatable bonds is 7. The van der Waals surface area contributed by atoms with Crippen LogP contribution in [0.15, 0.2) is 24.3 Å². The van der Waals surface area contributed by atoms with Gasteiger partial charge in [-0.25, -0.2) is 0 Å². The molecule has 0 aliphatic carbocycles. The minimum absolute atomic E-state index is 0.166. The van der Waals surface area contributed by atoms with Gasteiger partial charge >= 0.3 is 0 Å². The largest absolute Gasteiger partial charge is 0.493 e. The standard InChI is InChI=1S/C15H25NO/c1-5-13-7-9-14(10-8-13)17-12-15(3,4)11-16-6-2/h7-10,16H,5-6,11-12H2,1-4H3. The third-order valence-corrected chi connectivity index (χ3v) is 2.81. The molecule has 0 amide bonds. The third kappa shape index (κ3) is 5.22. The third-order valence-electron chi connectivity index (χ3n) is 2.81. The van der Waals surface area contributed by atoms with Gasteiger partial charge in [0.2, 0.25) is 0 Å². The second-order valence-corrected chi connectivity index (χ2v) is 5.23. The molecule has 0 aliphatic heterocycles. The number of aryl methyl sites for hydroxylation is 1. The molecule has 0 atom stereocenters. The zero-order chi connectivity index (χ0) is 12.7. The summed E-state index contributed by atoms with van der Waals surface area (Å²) in [7, 11) is 0. The summed E-state index contributed by atoms with van der Waals surface area (Å²) in [5.41, 5.74) is 1.52. The maximum Gasteiger partial charge on any atom is 0.119 e. The van der Waals surface area contributed by atoms with E-state index >= 15 is 0 Å². The molecule has 0 saturated carbocycles. The Morgan fingerprint density at radius 1 is 1.12 bits per heavy atom. The summed E-state index contributed by atoms with van der Waals surface area (Å²) in [4.78, 5) is 0. The quantitative estimate of drug-likeness (QED) is 0.783. The van der Waals surface area contributed by atoms with E-state index in [9.17, 15) is 0 Å². The smallest absolute Gasteiger partial charge is 0.119 e. The topological polar surface area (TPSA) is 21.3 Å². The Kier molecular flexibility index (Phi) is 5.49. The summed E-state index contributed by atoms with van der Waals surface area (Å²) < 4.78 is 5.83. The van der Waals surface area contributed by atoms with Crippen molar-refractivity contribution >= 4 is 0 Å². The van der Waals surface area contributed by atoms with Crippen molar-refractivity contribution in [1.29, 1.82) is 0 Å². The molecule has 0 spiro atoms. The minimum Gasteiger partial charge on any atom is -0.493 e. The molecule has 0 radical (unpaired) electrons. The summed E-state index contributed by atoms with van der Waals surface area (Å²) in [6.45, 7) is 11.5. The Labute approximate surface area is 105 Å².